The number of fused-ring (bicyclic) bond motifs is 1. The van der Waals surface area contributed by atoms with Crippen molar-refractivity contribution in [2.45, 2.75) is 45.3 Å². The zero-order valence-corrected chi connectivity index (χ0v) is 20.6. The molecule has 1 aromatic carbocycles. The van der Waals surface area contributed by atoms with Crippen LogP contribution >= 0.6 is 0 Å². The summed E-state index contributed by atoms with van der Waals surface area (Å²) in [6.07, 6.45) is 4.27. The minimum absolute atomic E-state index is 0.0935. The zero-order valence-electron chi connectivity index (χ0n) is 20.6. The van der Waals surface area contributed by atoms with Gasteiger partial charge in [0.05, 0.1) is 19.9 Å². The molecule has 2 aliphatic rings. The number of ether oxygens (including phenoxy) is 1. The van der Waals surface area contributed by atoms with Crippen LogP contribution in [0.2, 0.25) is 0 Å². The summed E-state index contributed by atoms with van der Waals surface area (Å²) in [7, 11) is 1.71. The summed E-state index contributed by atoms with van der Waals surface area (Å²) in [5, 5.41) is 20.9. The van der Waals surface area contributed by atoms with Crippen molar-refractivity contribution in [3.8, 4) is 5.75 Å². The fraction of sp³-hybridized carbons (Fsp3) is 0.560. The van der Waals surface area contributed by atoms with Crippen molar-refractivity contribution in [3.05, 3.63) is 35.5 Å². The number of aliphatic hydroxyl groups is 1. The molecule has 188 valence electrons. The Morgan fingerprint density at radius 3 is 2.74 bits per heavy atom. The number of aromatic nitrogens is 4. The molecule has 1 spiro atoms. The van der Waals surface area contributed by atoms with Crippen LogP contribution in [0.3, 0.4) is 0 Å². The van der Waals surface area contributed by atoms with E-state index in [4.69, 9.17) is 10.5 Å². The van der Waals surface area contributed by atoms with E-state index in [1.54, 1.807) is 13.3 Å². The number of methoxy groups -OCH3 is 1. The number of rotatable bonds is 11. The summed E-state index contributed by atoms with van der Waals surface area (Å²) in [6, 6.07) is 6.53. The van der Waals surface area contributed by atoms with E-state index in [1.165, 1.54) is 5.56 Å². The molecule has 3 aromatic rings. The minimum Gasteiger partial charge on any atom is -0.496 e. The molecule has 2 saturated heterocycles. The predicted octanol–water partition coefficient (Wildman–Crippen LogP) is 1.83. The van der Waals surface area contributed by atoms with E-state index in [9.17, 15) is 5.11 Å². The van der Waals surface area contributed by atoms with Crippen LogP contribution < -0.4 is 21.1 Å². The van der Waals surface area contributed by atoms with Gasteiger partial charge in [-0.05, 0) is 24.5 Å². The van der Waals surface area contributed by atoms with Crippen LogP contribution in [0.4, 0.5) is 11.8 Å². The Balaban J connectivity index is 1.36. The van der Waals surface area contributed by atoms with Gasteiger partial charge in [-0.1, -0.05) is 25.5 Å². The highest BCUT2D eigenvalue weighted by Crippen LogP contribution is 2.35. The largest absolute Gasteiger partial charge is 0.496 e. The molecule has 0 saturated carbocycles. The Morgan fingerprint density at radius 1 is 1.23 bits per heavy atom. The SMILES string of the molecule is CCCC(CCO)Nc1nc(N)nc2cnn(Cc3ccc(CN4CC5(CNC5)C4)cc3OC)c12. The lowest BCUT2D eigenvalue weighted by molar-refractivity contribution is -0.0444. The molecule has 35 heavy (non-hydrogen) atoms. The van der Waals surface area contributed by atoms with Crippen molar-refractivity contribution in [2.24, 2.45) is 5.41 Å². The smallest absolute Gasteiger partial charge is 0.222 e. The molecule has 10 heteroatoms. The van der Waals surface area contributed by atoms with Gasteiger partial charge in [-0.25, -0.2) is 4.98 Å². The summed E-state index contributed by atoms with van der Waals surface area (Å²) < 4.78 is 7.66. The Morgan fingerprint density at radius 2 is 2.06 bits per heavy atom. The molecule has 4 heterocycles. The molecule has 1 unspecified atom stereocenters. The third-order valence-corrected chi connectivity index (χ3v) is 7.16. The predicted molar refractivity (Wildman–Crippen MR) is 136 cm³/mol. The number of hydrogen-bond acceptors (Lipinski definition) is 9. The molecular formula is C25H36N8O2. The highest BCUT2D eigenvalue weighted by molar-refractivity contribution is 5.86. The quantitative estimate of drug-likeness (QED) is 0.325. The maximum Gasteiger partial charge on any atom is 0.222 e. The molecule has 2 fully saturated rings. The van der Waals surface area contributed by atoms with E-state index < -0.39 is 0 Å². The first-order chi connectivity index (χ1) is 17.0. The number of nitrogens with two attached hydrogens (primary N) is 1. The second-order valence-electron chi connectivity index (χ2n) is 10.0. The van der Waals surface area contributed by atoms with Gasteiger partial charge >= 0.3 is 0 Å². The Kier molecular flexibility index (Phi) is 6.77. The third kappa shape index (κ3) is 4.91. The van der Waals surface area contributed by atoms with E-state index in [0.717, 1.165) is 62.4 Å². The summed E-state index contributed by atoms with van der Waals surface area (Å²) in [5.74, 6) is 1.69. The van der Waals surface area contributed by atoms with E-state index in [0.29, 0.717) is 29.7 Å². The van der Waals surface area contributed by atoms with Crippen molar-refractivity contribution in [2.75, 3.05) is 50.9 Å². The molecule has 5 rings (SSSR count). The van der Waals surface area contributed by atoms with E-state index >= 15 is 0 Å². The van der Waals surface area contributed by atoms with Crippen LogP contribution in [0.15, 0.2) is 24.4 Å². The van der Waals surface area contributed by atoms with Gasteiger partial charge < -0.3 is 26.2 Å². The van der Waals surface area contributed by atoms with Gasteiger partial charge in [-0.3, -0.25) is 9.58 Å². The number of nitrogens with zero attached hydrogens (tertiary/aromatic N) is 5. The second-order valence-corrected chi connectivity index (χ2v) is 10.0. The summed E-state index contributed by atoms with van der Waals surface area (Å²) >= 11 is 0. The maximum absolute atomic E-state index is 9.48. The molecule has 0 amide bonds. The average Bonchev–Trinajstić information content (AvgIpc) is 3.18. The van der Waals surface area contributed by atoms with Crippen molar-refractivity contribution in [1.29, 1.82) is 0 Å². The average molecular weight is 481 g/mol. The second kappa shape index (κ2) is 9.96. The fourth-order valence-corrected chi connectivity index (χ4v) is 5.38. The van der Waals surface area contributed by atoms with Gasteiger partial charge in [0, 0.05) is 56.4 Å². The Hall–Kier alpha value is -2.95. The molecule has 1 atom stereocenters. The summed E-state index contributed by atoms with van der Waals surface area (Å²) in [6.45, 7) is 8.32. The number of nitrogen functional groups attached to an aromatic ring is 1. The van der Waals surface area contributed by atoms with E-state index in [2.05, 4.69) is 55.7 Å². The first-order valence-electron chi connectivity index (χ1n) is 12.5. The van der Waals surface area contributed by atoms with E-state index in [1.807, 2.05) is 4.68 Å². The summed E-state index contributed by atoms with van der Waals surface area (Å²) in [5.41, 5.74) is 10.3. The first kappa shape index (κ1) is 23.8. The van der Waals surface area contributed by atoms with Gasteiger partial charge in [0.15, 0.2) is 5.82 Å². The van der Waals surface area contributed by atoms with Crippen LogP contribution in [0.5, 0.6) is 5.75 Å². The summed E-state index contributed by atoms with van der Waals surface area (Å²) in [4.78, 5) is 11.4. The third-order valence-electron chi connectivity index (χ3n) is 7.16. The van der Waals surface area contributed by atoms with Crippen molar-refractivity contribution < 1.29 is 9.84 Å². The lowest BCUT2D eigenvalue weighted by Gasteiger charge is -2.56. The Labute approximate surface area is 205 Å². The number of anilines is 2. The van der Waals surface area contributed by atoms with Gasteiger partial charge in [0.1, 0.15) is 16.8 Å². The number of nitrogens with one attached hydrogen (secondary N) is 2. The Bertz CT molecular complexity index is 1160. The molecule has 0 aliphatic carbocycles. The molecule has 5 N–H and O–H groups in total. The normalized spacial score (nSPS) is 17.8. The first-order valence-corrected chi connectivity index (χ1v) is 12.5. The van der Waals surface area contributed by atoms with Gasteiger partial charge in [0.25, 0.3) is 0 Å². The maximum atomic E-state index is 9.48. The van der Waals surface area contributed by atoms with Gasteiger partial charge in [-0.2, -0.15) is 10.1 Å². The number of hydrogen-bond donors (Lipinski definition) is 4. The van der Waals surface area contributed by atoms with Crippen molar-refractivity contribution >= 4 is 22.8 Å². The van der Waals surface area contributed by atoms with Crippen molar-refractivity contribution in [3.63, 3.8) is 0 Å². The zero-order chi connectivity index (χ0) is 24.4. The molecule has 0 bridgehead atoms. The van der Waals surface area contributed by atoms with Crippen LogP contribution in [0.25, 0.3) is 11.0 Å². The standard InChI is InChI=1S/C25H36N8O2/c1-3-4-19(7-8-34)29-23-22-20(30-24(26)31-23)10-28-33(22)12-18-6-5-17(9-21(18)35-2)11-32-15-25(16-32)13-27-14-25/h5-6,9-10,19,27,34H,3-4,7-8,11-16H2,1-2H3,(H3,26,29,30,31). The highest BCUT2D eigenvalue weighted by Gasteiger charge is 2.47. The van der Waals surface area contributed by atoms with Crippen LogP contribution in [-0.2, 0) is 13.1 Å². The number of likely N-dealkylation sites (tertiary alicyclic amines) is 1. The van der Waals surface area contributed by atoms with Crippen LogP contribution in [0.1, 0.15) is 37.3 Å². The topological polar surface area (TPSA) is 126 Å². The van der Waals surface area contributed by atoms with Crippen molar-refractivity contribution in [1.82, 2.24) is 30.0 Å². The highest BCUT2D eigenvalue weighted by atomic mass is 16.5. The van der Waals surface area contributed by atoms with Crippen LogP contribution in [0, 0.1) is 5.41 Å². The van der Waals surface area contributed by atoms with Crippen LogP contribution in [-0.4, -0.2) is 75.7 Å². The number of benzene rings is 1. The lowest BCUT2D eigenvalue weighted by Crippen LogP contribution is -2.70. The minimum atomic E-state index is 0.0935. The molecule has 2 aliphatic heterocycles. The van der Waals surface area contributed by atoms with E-state index in [-0.39, 0.29) is 18.6 Å². The number of aliphatic hydroxyl groups excluding tert-OH is 1. The van der Waals surface area contributed by atoms with Gasteiger partial charge in [0.2, 0.25) is 5.95 Å². The lowest BCUT2D eigenvalue weighted by atomic mass is 9.74. The molecule has 10 nitrogen and oxygen atoms in total. The van der Waals surface area contributed by atoms with Gasteiger partial charge in [-0.15, -0.1) is 0 Å². The monoisotopic (exact) mass is 480 g/mol. The fourth-order valence-electron chi connectivity index (χ4n) is 5.38. The molecule has 0 radical (unpaired) electrons. The molecule has 2 aromatic heterocycles. The molecular weight excluding hydrogens is 444 g/mol.